The Labute approximate surface area is 142 Å². The minimum Gasteiger partial charge on any atom is -0.285 e. The maximum Gasteiger partial charge on any atom is 0.235 e. The molecule has 124 valence electrons. The topological polar surface area (TPSA) is 59.9 Å². The standard InChI is InChI=1S/C20H22N2O2/c1-3-5-7-13-9-15-17(21-11-13)18-16(20(24)19(15)23)10-14(12-22-18)8-6-4-2/h9-12H,3-8H2,1-2H3. The molecule has 2 heterocycles. The van der Waals surface area contributed by atoms with Crippen LogP contribution in [0, 0.1) is 0 Å². The lowest BCUT2D eigenvalue weighted by Gasteiger charge is -2.17. The largest absolute Gasteiger partial charge is 0.285 e. The van der Waals surface area contributed by atoms with Crippen molar-refractivity contribution in [2.75, 3.05) is 0 Å². The minimum absolute atomic E-state index is 0.398. The van der Waals surface area contributed by atoms with E-state index in [9.17, 15) is 9.59 Å². The summed E-state index contributed by atoms with van der Waals surface area (Å²) < 4.78 is 0. The molecule has 0 spiro atoms. The zero-order valence-electron chi connectivity index (χ0n) is 14.3. The van der Waals surface area contributed by atoms with Gasteiger partial charge in [0.25, 0.3) is 0 Å². The zero-order chi connectivity index (χ0) is 17.1. The van der Waals surface area contributed by atoms with Gasteiger partial charge in [-0.15, -0.1) is 0 Å². The highest BCUT2D eigenvalue weighted by Gasteiger charge is 2.32. The van der Waals surface area contributed by atoms with Gasteiger partial charge in [-0.05, 0) is 48.9 Å². The highest BCUT2D eigenvalue weighted by atomic mass is 16.2. The Morgan fingerprint density at radius 1 is 0.750 bits per heavy atom. The number of hydrogen-bond acceptors (Lipinski definition) is 4. The second-order valence-corrected chi connectivity index (χ2v) is 6.34. The molecule has 2 aromatic rings. The van der Waals surface area contributed by atoms with Crippen LogP contribution in [0.2, 0.25) is 0 Å². The summed E-state index contributed by atoms with van der Waals surface area (Å²) in [4.78, 5) is 33.9. The van der Waals surface area contributed by atoms with E-state index >= 15 is 0 Å². The lowest BCUT2D eigenvalue weighted by atomic mass is 9.88. The first-order valence-corrected chi connectivity index (χ1v) is 8.73. The van der Waals surface area contributed by atoms with Gasteiger partial charge in [-0.3, -0.25) is 19.6 Å². The molecule has 0 aliphatic heterocycles. The van der Waals surface area contributed by atoms with Gasteiger partial charge in [0.05, 0.1) is 11.1 Å². The molecule has 0 amide bonds. The quantitative estimate of drug-likeness (QED) is 0.748. The second kappa shape index (κ2) is 7.04. The van der Waals surface area contributed by atoms with Crippen molar-refractivity contribution < 1.29 is 9.59 Å². The normalized spacial score (nSPS) is 12.9. The van der Waals surface area contributed by atoms with Gasteiger partial charge in [0.1, 0.15) is 11.4 Å². The lowest BCUT2D eigenvalue weighted by molar-refractivity contribution is 0.0814. The van der Waals surface area contributed by atoms with Gasteiger partial charge in [0, 0.05) is 12.4 Å². The summed E-state index contributed by atoms with van der Waals surface area (Å²) in [6, 6.07) is 3.63. The van der Waals surface area contributed by atoms with Crippen molar-refractivity contribution in [2.45, 2.75) is 52.4 Å². The average Bonchev–Trinajstić information content (AvgIpc) is 2.62. The highest BCUT2D eigenvalue weighted by molar-refractivity contribution is 6.52. The van der Waals surface area contributed by atoms with Crippen molar-refractivity contribution in [3.8, 4) is 11.4 Å². The molecule has 0 aromatic carbocycles. The summed E-state index contributed by atoms with van der Waals surface area (Å²) in [7, 11) is 0. The Morgan fingerprint density at radius 3 is 1.54 bits per heavy atom. The number of carbonyl (C=O) groups is 2. The Kier molecular flexibility index (Phi) is 4.84. The number of ketones is 2. The monoisotopic (exact) mass is 322 g/mol. The van der Waals surface area contributed by atoms with Crippen molar-refractivity contribution in [3.05, 3.63) is 46.8 Å². The van der Waals surface area contributed by atoms with E-state index < -0.39 is 11.6 Å². The summed E-state index contributed by atoms with van der Waals surface area (Å²) in [6.45, 7) is 4.24. The lowest BCUT2D eigenvalue weighted by Crippen LogP contribution is -2.23. The summed E-state index contributed by atoms with van der Waals surface area (Å²) >= 11 is 0. The van der Waals surface area contributed by atoms with Gasteiger partial charge < -0.3 is 0 Å². The van der Waals surface area contributed by atoms with E-state index in [4.69, 9.17) is 0 Å². The van der Waals surface area contributed by atoms with Crippen LogP contribution in [0.5, 0.6) is 0 Å². The number of aryl methyl sites for hydroxylation is 2. The van der Waals surface area contributed by atoms with Gasteiger partial charge in [-0.2, -0.15) is 0 Å². The van der Waals surface area contributed by atoms with Crippen LogP contribution in [0.4, 0.5) is 0 Å². The van der Waals surface area contributed by atoms with Gasteiger partial charge in [-0.1, -0.05) is 26.7 Å². The van der Waals surface area contributed by atoms with Crippen LogP contribution in [-0.4, -0.2) is 21.5 Å². The maximum atomic E-state index is 12.5. The fourth-order valence-corrected chi connectivity index (χ4v) is 3.02. The Balaban J connectivity index is 2.03. The smallest absolute Gasteiger partial charge is 0.235 e. The van der Waals surface area contributed by atoms with Crippen molar-refractivity contribution in [3.63, 3.8) is 0 Å². The number of carbonyl (C=O) groups excluding carboxylic acids is 2. The fraction of sp³-hybridized carbons (Fsp3) is 0.400. The van der Waals surface area contributed by atoms with Crippen LogP contribution in [0.1, 0.15) is 71.4 Å². The third kappa shape index (κ3) is 3.01. The van der Waals surface area contributed by atoms with Crippen molar-refractivity contribution >= 4 is 11.6 Å². The molecule has 0 radical (unpaired) electrons. The molecule has 0 fully saturated rings. The first-order chi connectivity index (χ1) is 11.7. The molecule has 0 unspecified atom stereocenters. The second-order valence-electron chi connectivity index (χ2n) is 6.34. The van der Waals surface area contributed by atoms with Crippen LogP contribution >= 0.6 is 0 Å². The highest BCUT2D eigenvalue weighted by Crippen LogP contribution is 2.31. The molecular weight excluding hydrogens is 300 g/mol. The first kappa shape index (κ1) is 16.5. The molecule has 4 heteroatoms. The molecule has 0 N–H and O–H groups in total. The number of nitrogens with zero attached hydrogens (tertiary/aromatic N) is 2. The van der Waals surface area contributed by atoms with E-state index in [1.54, 1.807) is 12.4 Å². The molecule has 0 saturated carbocycles. The van der Waals surface area contributed by atoms with Crippen LogP contribution in [-0.2, 0) is 12.8 Å². The Morgan fingerprint density at radius 2 is 1.17 bits per heavy atom. The van der Waals surface area contributed by atoms with Crippen LogP contribution in [0.25, 0.3) is 11.4 Å². The number of Topliss-reactive ketones (excluding diaryl/α,β-unsaturated/α-hetero) is 2. The maximum absolute atomic E-state index is 12.5. The van der Waals surface area contributed by atoms with Gasteiger partial charge in [0.15, 0.2) is 0 Å². The molecule has 1 aliphatic carbocycles. The number of rotatable bonds is 6. The number of unbranched alkanes of at least 4 members (excludes halogenated alkanes) is 2. The molecule has 1 aliphatic rings. The number of hydrogen-bond donors (Lipinski definition) is 0. The van der Waals surface area contributed by atoms with Gasteiger partial charge in [-0.25, -0.2) is 0 Å². The summed E-state index contributed by atoms with van der Waals surface area (Å²) in [5.41, 5.74) is 3.87. The SMILES string of the molecule is CCCCc1cnc2c(c1)C(=O)C(=O)c1cc(CCCC)cnc1-2. The molecule has 0 saturated heterocycles. The summed E-state index contributed by atoms with van der Waals surface area (Å²) in [5.74, 6) is -0.921. The summed E-state index contributed by atoms with van der Waals surface area (Å²) in [6.07, 6.45) is 9.57. The van der Waals surface area contributed by atoms with E-state index in [0.717, 1.165) is 49.7 Å². The minimum atomic E-state index is -0.460. The van der Waals surface area contributed by atoms with Crippen molar-refractivity contribution in [2.24, 2.45) is 0 Å². The number of pyridine rings is 2. The predicted molar refractivity (Wildman–Crippen MR) is 93.4 cm³/mol. The van der Waals surface area contributed by atoms with Crippen LogP contribution in [0.3, 0.4) is 0 Å². The Bertz CT molecular complexity index is 729. The summed E-state index contributed by atoms with van der Waals surface area (Å²) in [5, 5.41) is 0. The van der Waals surface area contributed by atoms with Crippen LogP contribution in [0.15, 0.2) is 24.5 Å². The average molecular weight is 322 g/mol. The van der Waals surface area contributed by atoms with Gasteiger partial charge in [0.2, 0.25) is 11.6 Å². The number of aromatic nitrogens is 2. The molecule has 0 atom stereocenters. The molecule has 2 aromatic heterocycles. The third-order valence-corrected chi connectivity index (χ3v) is 4.45. The predicted octanol–water partition coefficient (Wildman–Crippen LogP) is 4.21. The van der Waals surface area contributed by atoms with Gasteiger partial charge >= 0.3 is 0 Å². The van der Waals surface area contributed by atoms with E-state index in [-0.39, 0.29) is 0 Å². The molecule has 24 heavy (non-hydrogen) atoms. The van der Waals surface area contributed by atoms with Crippen molar-refractivity contribution in [1.82, 2.24) is 9.97 Å². The third-order valence-electron chi connectivity index (χ3n) is 4.45. The first-order valence-electron chi connectivity index (χ1n) is 8.73. The molecule has 0 bridgehead atoms. The van der Waals surface area contributed by atoms with E-state index in [0.29, 0.717) is 22.5 Å². The Hall–Kier alpha value is -2.36. The molecular formula is C20H22N2O2. The number of fused-ring (bicyclic) bond motifs is 3. The van der Waals surface area contributed by atoms with E-state index in [2.05, 4.69) is 23.8 Å². The van der Waals surface area contributed by atoms with E-state index in [1.807, 2.05) is 12.1 Å². The molecule has 4 nitrogen and oxygen atoms in total. The fourth-order valence-electron chi connectivity index (χ4n) is 3.02. The zero-order valence-corrected chi connectivity index (χ0v) is 14.3. The van der Waals surface area contributed by atoms with Crippen molar-refractivity contribution in [1.29, 1.82) is 0 Å². The molecule has 3 rings (SSSR count). The van der Waals surface area contributed by atoms with Crippen LogP contribution < -0.4 is 0 Å². The van der Waals surface area contributed by atoms with E-state index in [1.165, 1.54) is 0 Å².